The monoisotopic (exact) mass is 503 g/mol. The van der Waals surface area contributed by atoms with Crippen LogP contribution in [-0.4, -0.2) is 53.7 Å². The molecule has 37 heavy (non-hydrogen) atoms. The summed E-state index contributed by atoms with van der Waals surface area (Å²) in [5.41, 5.74) is 6.17. The van der Waals surface area contributed by atoms with Gasteiger partial charge in [-0.2, -0.15) is 0 Å². The molecule has 0 radical (unpaired) electrons. The molecule has 7 heteroatoms. The summed E-state index contributed by atoms with van der Waals surface area (Å²) in [4.78, 5) is 13.4. The zero-order chi connectivity index (χ0) is 25.8. The molecule has 2 aliphatic rings. The number of hydrogen-bond acceptors (Lipinski definition) is 5. The van der Waals surface area contributed by atoms with Gasteiger partial charge in [0.2, 0.25) is 0 Å². The number of allylic oxidation sites excluding steroid dienone is 1. The highest BCUT2D eigenvalue weighted by atomic mass is 19.1. The summed E-state index contributed by atoms with van der Waals surface area (Å²) in [5, 5.41) is 18.9. The van der Waals surface area contributed by atoms with E-state index in [-0.39, 0.29) is 24.3 Å². The van der Waals surface area contributed by atoms with Crippen LogP contribution < -0.4 is 9.47 Å². The second kappa shape index (κ2) is 11.0. The fourth-order valence-electron chi connectivity index (χ4n) is 5.27. The van der Waals surface area contributed by atoms with Crippen LogP contribution >= 0.6 is 0 Å². The van der Waals surface area contributed by atoms with Crippen molar-refractivity contribution in [1.29, 1.82) is 0 Å². The van der Waals surface area contributed by atoms with E-state index in [9.17, 15) is 14.3 Å². The van der Waals surface area contributed by atoms with Gasteiger partial charge >= 0.3 is 6.16 Å². The summed E-state index contributed by atoms with van der Waals surface area (Å²) in [6.07, 6.45) is 1.83. The van der Waals surface area contributed by atoms with E-state index in [1.54, 1.807) is 24.3 Å². The SMILES string of the molecule is O=C(O)Oc1ccc2c(c1)C(c1ccc(OC3CCN(CCCF)C3)cc1)=C(c1ccc(O)cc1)CC2. The van der Waals surface area contributed by atoms with Crippen LogP contribution in [-0.2, 0) is 6.42 Å². The first-order chi connectivity index (χ1) is 18.0. The van der Waals surface area contributed by atoms with Gasteiger partial charge in [0.15, 0.2) is 0 Å². The summed E-state index contributed by atoms with van der Waals surface area (Å²) >= 11 is 0. The van der Waals surface area contributed by atoms with E-state index in [1.165, 1.54) is 0 Å². The Morgan fingerprint density at radius 2 is 1.70 bits per heavy atom. The fraction of sp³-hybridized carbons (Fsp3) is 0.300. The van der Waals surface area contributed by atoms with Crippen molar-refractivity contribution in [3.63, 3.8) is 0 Å². The second-order valence-electron chi connectivity index (χ2n) is 9.48. The largest absolute Gasteiger partial charge is 0.511 e. The molecule has 3 aromatic carbocycles. The molecule has 0 amide bonds. The maximum atomic E-state index is 12.5. The number of phenols is 1. The summed E-state index contributed by atoms with van der Waals surface area (Å²) in [6, 6.07) is 20.5. The number of phenolic OH excluding ortho intramolecular Hbond substituents is 1. The number of carboxylic acid groups (broad SMARTS) is 1. The van der Waals surface area contributed by atoms with Crippen LogP contribution in [0, 0.1) is 0 Å². The van der Waals surface area contributed by atoms with Gasteiger partial charge in [0, 0.05) is 19.6 Å². The number of likely N-dealkylation sites (tertiary alicyclic amines) is 1. The van der Waals surface area contributed by atoms with Crippen molar-refractivity contribution in [2.75, 3.05) is 26.3 Å². The average molecular weight is 504 g/mol. The minimum Gasteiger partial charge on any atom is -0.508 e. The second-order valence-corrected chi connectivity index (χ2v) is 9.48. The maximum absolute atomic E-state index is 12.5. The van der Waals surface area contributed by atoms with Crippen molar-refractivity contribution in [3.05, 3.63) is 89.0 Å². The molecule has 1 heterocycles. The first-order valence-corrected chi connectivity index (χ1v) is 12.6. The average Bonchev–Trinajstić information content (AvgIpc) is 3.34. The molecule has 192 valence electrons. The molecule has 1 aliphatic carbocycles. The van der Waals surface area contributed by atoms with Crippen LogP contribution in [0.5, 0.6) is 17.2 Å². The number of carbonyl (C=O) groups is 1. The quantitative estimate of drug-likeness (QED) is 0.283. The van der Waals surface area contributed by atoms with Gasteiger partial charge in [-0.1, -0.05) is 30.3 Å². The Hall–Kier alpha value is -3.84. The van der Waals surface area contributed by atoms with Gasteiger partial charge in [-0.05, 0) is 95.5 Å². The number of aryl methyl sites for hydroxylation is 1. The van der Waals surface area contributed by atoms with Gasteiger partial charge in [0.05, 0.1) is 6.67 Å². The lowest BCUT2D eigenvalue weighted by Gasteiger charge is -2.25. The molecule has 2 N–H and O–H groups in total. The smallest absolute Gasteiger partial charge is 0.508 e. The van der Waals surface area contributed by atoms with Crippen LogP contribution in [0.1, 0.15) is 41.5 Å². The molecular formula is C30H30FNO5. The number of hydrogen-bond donors (Lipinski definition) is 2. The van der Waals surface area contributed by atoms with Crippen LogP contribution in [0.3, 0.4) is 0 Å². The van der Waals surface area contributed by atoms with E-state index in [1.807, 2.05) is 42.5 Å². The molecule has 0 bridgehead atoms. The summed E-state index contributed by atoms with van der Waals surface area (Å²) < 4.78 is 23.7. The first kappa shape index (κ1) is 24.8. The lowest BCUT2D eigenvalue weighted by Crippen LogP contribution is -2.26. The van der Waals surface area contributed by atoms with E-state index in [0.717, 1.165) is 78.0 Å². The normalized spacial score (nSPS) is 17.5. The van der Waals surface area contributed by atoms with Gasteiger partial charge < -0.3 is 19.7 Å². The molecule has 6 nitrogen and oxygen atoms in total. The van der Waals surface area contributed by atoms with Gasteiger partial charge in [-0.3, -0.25) is 9.29 Å². The summed E-state index contributed by atoms with van der Waals surface area (Å²) in [7, 11) is 0. The van der Waals surface area contributed by atoms with Gasteiger partial charge in [0.1, 0.15) is 23.4 Å². The molecule has 0 aromatic heterocycles. The lowest BCUT2D eigenvalue weighted by molar-refractivity contribution is 0.144. The van der Waals surface area contributed by atoms with Crippen molar-refractivity contribution in [3.8, 4) is 17.2 Å². The summed E-state index contributed by atoms with van der Waals surface area (Å²) in [5.74, 6) is 1.26. The first-order valence-electron chi connectivity index (χ1n) is 12.6. The Morgan fingerprint density at radius 1 is 0.973 bits per heavy atom. The van der Waals surface area contributed by atoms with E-state index < -0.39 is 6.16 Å². The van der Waals surface area contributed by atoms with E-state index in [0.29, 0.717) is 6.42 Å². The zero-order valence-corrected chi connectivity index (χ0v) is 20.5. The van der Waals surface area contributed by atoms with Crippen LogP contribution in [0.4, 0.5) is 9.18 Å². The predicted octanol–water partition coefficient (Wildman–Crippen LogP) is 6.17. The Bertz CT molecular complexity index is 1290. The van der Waals surface area contributed by atoms with Crippen molar-refractivity contribution < 1.29 is 28.9 Å². The number of rotatable bonds is 8. The number of fused-ring (bicyclic) bond motifs is 1. The molecule has 0 saturated carbocycles. The molecule has 3 aromatic rings. The van der Waals surface area contributed by atoms with Crippen LogP contribution in [0.2, 0.25) is 0 Å². The van der Waals surface area contributed by atoms with Gasteiger partial charge in [-0.15, -0.1) is 0 Å². The van der Waals surface area contributed by atoms with Crippen LogP contribution in [0.25, 0.3) is 11.1 Å². The zero-order valence-electron chi connectivity index (χ0n) is 20.5. The highest BCUT2D eigenvalue weighted by molar-refractivity contribution is 6.01. The number of benzene rings is 3. The van der Waals surface area contributed by atoms with Crippen LogP contribution in [0.15, 0.2) is 66.7 Å². The molecule has 1 unspecified atom stereocenters. The third-order valence-electron chi connectivity index (χ3n) is 7.00. The number of alkyl halides is 1. The maximum Gasteiger partial charge on any atom is 0.511 e. The van der Waals surface area contributed by atoms with Crippen molar-refractivity contribution in [1.82, 2.24) is 4.90 Å². The van der Waals surface area contributed by atoms with Gasteiger partial charge in [-0.25, -0.2) is 4.79 Å². The predicted molar refractivity (Wildman–Crippen MR) is 140 cm³/mol. The van der Waals surface area contributed by atoms with Gasteiger partial charge in [0.25, 0.3) is 0 Å². The fourth-order valence-corrected chi connectivity index (χ4v) is 5.27. The highest BCUT2D eigenvalue weighted by Gasteiger charge is 2.25. The minimum atomic E-state index is -1.35. The molecule has 5 rings (SSSR count). The van der Waals surface area contributed by atoms with E-state index >= 15 is 0 Å². The lowest BCUT2D eigenvalue weighted by atomic mass is 9.79. The number of aromatic hydroxyl groups is 1. The molecular weight excluding hydrogens is 473 g/mol. The summed E-state index contributed by atoms with van der Waals surface area (Å²) in [6.45, 7) is 2.19. The standard InChI is InChI=1S/C30H30FNO5/c31-15-1-16-32-17-14-26(19-32)36-24-10-5-22(6-11-24)29-27(20-2-8-23(33)9-3-20)13-7-21-4-12-25(18-28(21)29)37-30(34)35/h2-6,8-12,18,26,33H,1,7,13-17,19H2,(H,34,35). The molecule has 1 fully saturated rings. The van der Waals surface area contributed by atoms with E-state index in [4.69, 9.17) is 14.6 Å². The number of ether oxygens (including phenoxy) is 2. The Balaban J connectivity index is 1.46. The van der Waals surface area contributed by atoms with Crippen molar-refractivity contribution in [2.45, 2.75) is 31.8 Å². The molecule has 1 aliphatic heterocycles. The number of nitrogens with zero attached hydrogens (tertiary/aromatic N) is 1. The Kier molecular flexibility index (Phi) is 7.42. The minimum absolute atomic E-state index is 0.0865. The topological polar surface area (TPSA) is 79.2 Å². The Morgan fingerprint density at radius 3 is 2.43 bits per heavy atom. The third-order valence-corrected chi connectivity index (χ3v) is 7.00. The number of halogens is 1. The third kappa shape index (κ3) is 5.78. The molecule has 1 saturated heterocycles. The Labute approximate surface area is 215 Å². The van der Waals surface area contributed by atoms with Crippen molar-refractivity contribution in [2.24, 2.45) is 0 Å². The molecule has 0 spiro atoms. The molecule has 1 atom stereocenters. The van der Waals surface area contributed by atoms with E-state index in [2.05, 4.69) is 4.90 Å². The van der Waals surface area contributed by atoms with Crippen molar-refractivity contribution >= 4 is 17.3 Å². The highest BCUT2D eigenvalue weighted by Crippen LogP contribution is 2.42.